The predicted molar refractivity (Wildman–Crippen MR) is 127 cm³/mol. The van der Waals surface area contributed by atoms with Gasteiger partial charge in [0.2, 0.25) is 5.91 Å². The third kappa shape index (κ3) is 5.16. The zero-order valence-electron chi connectivity index (χ0n) is 18.5. The predicted octanol–water partition coefficient (Wildman–Crippen LogP) is 5.92. The lowest BCUT2D eigenvalue weighted by Crippen LogP contribution is -2.34. The Morgan fingerprint density at radius 3 is 2.48 bits per heavy atom. The zero-order chi connectivity index (χ0) is 22.4. The fourth-order valence-corrected chi connectivity index (χ4v) is 3.96. The smallest absolute Gasteiger partial charge is 0.266 e. The Morgan fingerprint density at radius 2 is 1.74 bits per heavy atom. The molecule has 31 heavy (non-hydrogen) atoms. The number of fused-ring (bicyclic) bond motifs is 1. The number of amides is 1. The summed E-state index contributed by atoms with van der Waals surface area (Å²) in [4.78, 5) is 32.7. The molecule has 0 aliphatic carbocycles. The minimum absolute atomic E-state index is 0.0529. The summed E-state index contributed by atoms with van der Waals surface area (Å²) in [5, 5.41) is 0.975. The number of carbonyl (C=O) groups is 1. The van der Waals surface area contributed by atoms with E-state index < -0.39 is 6.04 Å². The molecule has 0 fully saturated rings. The SMILES string of the molecule is CCCCCCCC(=O)N(C)C(C)c1nc2ccccc2c(=O)n1-c1ccccc1Cl. The third-order valence-electron chi connectivity index (χ3n) is 5.74. The number of unbranched alkanes of at least 4 members (excludes halogenated alkanes) is 4. The fraction of sp³-hybridized carbons (Fsp3) is 0.400. The van der Waals surface area contributed by atoms with E-state index in [1.54, 1.807) is 34.7 Å². The molecule has 164 valence electrons. The second-order valence-electron chi connectivity index (χ2n) is 7.92. The van der Waals surface area contributed by atoms with Crippen LogP contribution in [0.4, 0.5) is 0 Å². The highest BCUT2D eigenvalue weighted by atomic mass is 35.5. The maximum Gasteiger partial charge on any atom is 0.266 e. The maximum atomic E-state index is 13.4. The molecule has 1 unspecified atom stereocenters. The average Bonchev–Trinajstić information content (AvgIpc) is 2.78. The van der Waals surface area contributed by atoms with Crippen molar-refractivity contribution in [3.63, 3.8) is 0 Å². The summed E-state index contributed by atoms with van der Waals surface area (Å²) in [7, 11) is 1.78. The first kappa shape index (κ1) is 23.0. The average molecular weight is 440 g/mol. The minimum Gasteiger partial charge on any atom is -0.336 e. The van der Waals surface area contributed by atoms with Gasteiger partial charge in [-0.05, 0) is 37.6 Å². The van der Waals surface area contributed by atoms with Crippen molar-refractivity contribution >= 4 is 28.4 Å². The molecule has 1 aromatic heterocycles. The molecule has 3 aromatic rings. The first-order valence-corrected chi connectivity index (χ1v) is 11.4. The van der Waals surface area contributed by atoms with E-state index in [1.807, 2.05) is 37.3 Å². The number of hydrogen-bond donors (Lipinski definition) is 0. The van der Waals surface area contributed by atoms with E-state index in [0.717, 1.165) is 19.3 Å². The summed E-state index contributed by atoms with van der Waals surface area (Å²) >= 11 is 6.44. The lowest BCUT2D eigenvalue weighted by molar-refractivity contribution is -0.132. The van der Waals surface area contributed by atoms with Crippen LogP contribution in [0.5, 0.6) is 0 Å². The summed E-state index contributed by atoms with van der Waals surface area (Å²) in [6.07, 6.45) is 5.96. The van der Waals surface area contributed by atoms with E-state index in [-0.39, 0.29) is 11.5 Å². The van der Waals surface area contributed by atoms with Crippen LogP contribution < -0.4 is 5.56 Å². The molecule has 1 atom stereocenters. The molecule has 0 saturated carbocycles. The molecule has 5 nitrogen and oxygen atoms in total. The number of halogens is 1. The molecule has 0 N–H and O–H groups in total. The van der Waals surface area contributed by atoms with Crippen molar-refractivity contribution in [1.82, 2.24) is 14.5 Å². The normalized spacial score (nSPS) is 12.1. The molecule has 3 rings (SSSR count). The summed E-state index contributed by atoms with van der Waals surface area (Å²) in [5.41, 5.74) is 0.980. The lowest BCUT2D eigenvalue weighted by atomic mass is 10.1. The molecule has 0 aliphatic heterocycles. The van der Waals surface area contributed by atoms with Gasteiger partial charge < -0.3 is 4.90 Å². The van der Waals surface area contributed by atoms with Gasteiger partial charge >= 0.3 is 0 Å². The van der Waals surface area contributed by atoms with E-state index in [4.69, 9.17) is 16.6 Å². The Bertz CT molecular complexity index is 1110. The number of rotatable bonds is 9. The van der Waals surface area contributed by atoms with Crippen LogP contribution in [-0.4, -0.2) is 27.4 Å². The molecule has 2 aromatic carbocycles. The third-order valence-corrected chi connectivity index (χ3v) is 6.06. The highest BCUT2D eigenvalue weighted by Crippen LogP contribution is 2.26. The number of carbonyl (C=O) groups excluding carboxylic acids is 1. The van der Waals surface area contributed by atoms with Crippen molar-refractivity contribution < 1.29 is 4.79 Å². The number of aromatic nitrogens is 2. The molecule has 0 saturated heterocycles. The second kappa shape index (κ2) is 10.6. The van der Waals surface area contributed by atoms with E-state index in [9.17, 15) is 9.59 Å². The van der Waals surface area contributed by atoms with Crippen LogP contribution in [0.25, 0.3) is 16.6 Å². The summed E-state index contributed by atoms with van der Waals surface area (Å²) in [6, 6.07) is 14.1. The summed E-state index contributed by atoms with van der Waals surface area (Å²) in [5.74, 6) is 0.552. The van der Waals surface area contributed by atoms with Crippen molar-refractivity contribution in [3.05, 3.63) is 69.7 Å². The van der Waals surface area contributed by atoms with Gasteiger partial charge in [0.05, 0.1) is 27.7 Å². The molecule has 0 spiro atoms. The standard InChI is InChI=1S/C25H30ClN3O2/c1-4-5-6-7-8-17-23(30)28(3)18(2)24-27-21-15-11-9-13-19(21)25(31)29(24)22-16-12-10-14-20(22)26/h9-16,18H,4-8,17H2,1-3H3. The highest BCUT2D eigenvalue weighted by molar-refractivity contribution is 6.32. The lowest BCUT2D eigenvalue weighted by Gasteiger charge is -2.27. The van der Waals surface area contributed by atoms with Crippen LogP contribution in [0, 0.1) is 0 Å². The van der Waals surface area contributed by atoms with Crippen molar-refractivity contribution in [2.45, 2.75) is 58.4 Å². The number of nitrogens with zero attached hydrogens (tertiary/aromatic N) is 3. The van der Waals surface area contributed by atoms with Crippen molar-refractivity contribution in [2.75, 3.05) is 7.05 Å². The van der Waals surface area contributed by atoms with Gasteiger partial charge in [0, 0.05) is 13.5 Å². The van der Waals surface area contributed by atoms with Gasteiger partial charge in [0.25, 0.3) is 5.56 Å². The van der Waals surface area contributed by atoms with Crippen LogP contribution >= 0.6 is 11.6 Å². The van der Waals surface area contributed by atoms with Crippen LogP contribution in [0.2, 0.25) is 5.02 Å². The van der Waals surface area contributed by atoms with Crippen molar-refractivity contribution in [1.29, 1.82) is 0 Å². The number of hydrogen-bond acceptors (Lipinski definition) is 3. The molecule has 1 heterocycles. The van der Waals surface area contributed by atoms with Gasteiger partial charge in [-0.3, -0.25) is 14.2 Å². The van der Waals surface area contributed by atoms with E-state index in [0.29, 0.717) is 33.9 Å². The molecule has 0 aliphatic rings. The first-order chi connectivity index (χ1) is 15.0. The van der Waals surface area contributed by atoms with Crippen LogP contribution in [0.15, 0.2) is 53.3 Å². The van der Waals surface area contributed by atoms with Crippen LogP contribution in [-0.2, 0) is 4.79 Å². The van der Waals surface area contributed by atoms with Crippen LogP contribution in [0.3, 0.4) is 0 Å². The van der Waals surface area contributed by atoms with Gasteiger partial charge in [-0.25, -0.2) is 4.98 Å². The number of benzene rings is 2. The topological polar surface area (TPSA) is 55.2 Å². The Labute approximate surface area is 188 Å². The minimum atomic E-state index is -0.392. The Balaban J connectivity index is 1.98. The van der Waals surface area contributed by atoms with Gasteiger partial charge in [-0.1, -0.05) is 68.5 Å². The van der Waals surface area contributed by atoms with Gasteiger partial charge in [0.15, 0.2) is 0 Å². The number of para-hydroxylation sites is 2. The highest BCUT2D eigenvalue weighted by Gasteiger charge is 2.24. The maximum absolute atomic E-state index is 13.4. The molecule has 0 radical (unpaired) electrons. The van der Waals surface area contributed by atoms with Crippen LogP contribution in [0.1, 0.15) is 64.2 Å². The second-order valence-corrected chi connectivity index (χ2v) is 8.33. The molecule has 1 amide bonds. The Kier molecular flexibility index (Phi) is 7.85. The molecule has 0 bridgehead atoms. The molecule has 6 heteroatoms. The summed E-state index contributed by atoms with van der Waals surface area (Å²) < 4.78 is 1.54. The van der Waals surface area contributed by atoms with E-state index in [1.165, 1.54) is 12.8 Å². The Hall–Kier alpha value is -2.66. The first-order valence-electron chi connectivity index (χ1n) is 11.0. The quantitative estimate of drug-likeness (QED) is 0.389. The molecular formula is C25H30ClN3O2. The fourth-order valence-electron chi connectivity index (χ4n) is 3.74. The summed E-state index contributed by atoms with van der Waals surface area (Å²) in [6.45, 7) is 4.08. The van der Waals surface area contributed by atoms with Gasteiger partial charge in [-0.15, -0.1) is 0 Å². The van der Waals surface area contributed by atoms with Gasteiger partial charge in [-0.2, -0.15) is 0 Å². The van der Waals surface area contributed by atoms with E-state index in [2.05, 4.69) is 6.92 Å². The largest absolute Gasteiger partial charge is 0.336 e. The van der Waals surface area contributed by atoms with Crippen molar-refractivity contribution in [3.8, 4) is 5.69 Å². The van der Waals surface area contributed by atoms with Crippen molar-refractivity contribution in [2.24, 2.45) is 0 Å². The monoisotopic (exact) mass is 439 g/mol. The molecular weight excluding hydrogens is 410 g/mol. The zero-order valence-corrected chi connectivity index (χ0v) is 19.2. The Morgan fingerprint density at radius 1 is 1.06 bits per heavy atom. The van der Waals surface area contributed by atoms with E-state index >= 15 is 0 Å². The van der Waals surface area contributed by atoms with Gasteiger partial charge in [0.1, 0.15) is 5.82 Å².